The van der Waals surface area contributed by atoms with E-state index in [9.17, 15) is 10.1 Å². The van der Waals surface area contributed by atoms with E-state index in [-0.39, 0.29) is 10.6 Å². The summed E-state index contributed by atoms with van der Waals surface area (Å²) in [5, 5.41) is 14.9. The smallest absolute Gasteiger partial charge is 0.275 e. The van der Waals surface area contributed by atoms with Crippen molar-refractivity contribution in [2.75, 3.05) is 26.2 Å². The molecule has 6 heteroatoms. The van der Waals surface area contributed by atoms with E-state index >= 15 is 0 Å². The first-order valence-electron chi connectivity index (χ1n) is 7.46. The second kappa shape index (κ2) is 7.73. The van der Waals surface area contributed by atoms with E-state index in [1.54, 1.807) is 12.1 Å². The molecule has 0 bridgehead atoms. The van der Waals surface area contributed by atoms with Crippen molar-refractivity contribution in [3.05, 3.63) is 38.9 Å². The van der Waals surface area contributed by atoms with Crippen LogP contribution in [0, 0.1) is 16.0 Å². The number of nitro benzene ring substituents is 1. The number of piperidine rings is 1. The Kier molecular flexibility index (Phi) is 5.96. The molecule has 0 atom stereocenters. The molecule has 1 saturated heterocycles. The lowest BCUT2D eigenvalue weighted by Gasteiger charge is -2.29. The highest BCUT2D eigenvalue weighted by atomic mass is 35.5. The van der Waals surface area contributed by atoms with Gasteiger partial charge in [-0.25, -0.2) is 0 Å². The summed E-state index contributed by atoms with van der Waals surface area (Å²) in [6.07, 6.45) is 2.36. The normalized spacial score (nSPS) is 16.3. The molecule has 0 aliphatic carbocycles. The minimum Gasteiger partial charge on any atom is -0.317 e. The molecule has 21 heavy (non-hydrogen) atoms. The molecule has 1 heterocycles. The van der Waals surface area contributed by atoms with E-state index in [1.165, 1.54) is 18.9 Å². The highest BCUT2D eigenvalue weighted by Gasteiger charge is 2.20. The Morgan fingerprint density at radius 1 is 1.43 bits per heavy atom. The van der Waals surface area contributed by atoms with Gasteiger partial charge in [0.1, 0.15) is 0 Å². The molecular weight excluding hydrogens is 290 g/mol. The highest BCUT2D eigenvalue weighted by Crippen LogP contribution is 2.25. The number of nitro groups is 1. The zero-order valence-corrected chi connectivity index (χ0v) is 13.1. The van der Waals surface area contributed by atoms with Crippen LogP contribution in [0.4, 0.5) is 5.69 Å². The first-order chi connectivity index (χ1) is 10.1. The number of nitrogens with zero attached hydrogens (tertiary/aromatic N) is 2. The molecule has 1 aromatic rings. The van der Waals surface area contributed by atoms with Gasteiger partial charge in [0.25, 0.3) is 5.69 Å². The molecule has 1 aliphatic rings. The Morgan fingerprint density at radius 2 is 2.14 bits per heavy atom. The molecule has 1 N–H and O–H groups in total. The Balaban J connectivity index is 2.05. The summed E-state index contributed by atoms with van der Waals surface area (Å²) < 4.78 is 0. The van der Waals surface area contributed by atoms with Crippen LogP contribution >= 0.6 is 11.6 Å². The van der Waals surface area contributed by atoms with Gasteiger partial charge in [-0.2, -0.15) is 0 Å². The third kappa shape index (κ3) is 4.66. The molecule has 1 fully saturated rings. The Labute approximate surface area is 130 Å². The van der Waals surface area contributed by atoms with Crippen molar-refractivity contribution in [2.24, 2.45) is 5.92 Å². The molecule has 116 valence electrons. The number of hydrogen-bond donors (Lipinski definition) is 1. The molecule has 0 amide bonds. The van der Waals surface area contributed by atoms with Crippen LogP contribution in [0.1, 0.15) is 25.3 Å². The van der Waals surface area contributed by atoms with Crippen molar-refractivity contribution in [3.63, 3.8) is 0 Å². The van der Waals surface area contributed by atoms with Crippen LogP contribution in [-0.2, 0) is 6.54 Å². The molecular formula is C15H22ClN3O2. The van der Waals surface area contributed by atoms with Crippen molar-refractivity contribution in [1.82, 2.24) is 10.2 Å². The first-order valence-corrected chi connectivity index (χ1v) is 7.83. The lowest BCUT2D eigenvalue weighted by atomic mass is 9.97. The number of halogens is 1. The van der Waals surface area contributed by atoms with Gasteiger partial charge in [-0.05, 0) is 50.5 Å². The Morgan fingerprint density at radius 3 is 2.76 bits per heavy atom. The van der Waals surface area contributed by atoms with Gasteiger partial charge in [-0.1, -0.05) is 18.5 Å². The summed E-state index contributed by atoms with van der Waals surface area (Å²) in [6.45, 7) is 6.74. The third-order valence-corrected chi connectivity index (χ3v) is 4.30. The largest absolute Gasteiger partial charge is 0.317 e. The third-order valence-electron chi connectivity index (χ3n) is 4.06. The maximum Gasteiger partial charge on any atom is 0.275 e. The molecule has 5 nitrogen and oxygen atoms in total. The summed E-state index contributed by atoms with van der Waals surface area (Å²) in [5.74, 6) is 0.678. The fraction of sp³-hybridized carbons (Fsp3) is 0.600. The molecule has 1 aromatic carbocycles. The van der Waals surface area contributed by atoms with Gasteiger partial charge >= 0.3 is 0 Å². The molecule has 0 spiro atoms. The van der Waals surface area contributed by atoms with Crippen LogP contribution in [0.15, 0.2) is 18.2 Å². The van der Waals surface area contributed by atoms with Crippen molar-refractivity contribution >= 4 is 17.3 Å². The zero-order chi connectivity index (χ0) is 15.2. The predicted octanol–water partition coefficient (Wildman–Crippen LogP) is 3.07. The Hall–Kier alpha value is -1.17. The summed E-state index contributed by atoms with van der Waals surface area (Å²) >= 11 is 5.86. The lowest BCUT2D eigenvalue weighted by molar-refractivity contribution is -0.385. The number of hydrogen-bond acceptors (Lipinski definition) is 4. The SMILES string of the molecule is CCN(Cc1ccc(Cl)cc1[N+](=O)[O-])CC1CCNCC1. The van der Waals surface area contributed by atoms with Gasteiger partial charge in [0.15, 0.2) is 0 Å². The topological polar surface area (TPSA) is 58.4 Å². The average molecular weight is 312 g/mol. The molecule has 0 unspecified atom stereocenters. The van der Waals surface area contributed by atoms with Crippen molar-refractivity contribution in [2.45, 2.75) is 26.3 Å². The molecule has 2 rings (SSSR count). The number of nitrogens with one attached hydrogen (secondary N) is 1. The van der Waals surface area contributed by atoms with E-state index in [0.717, 1.165) is 31.7 Å². The maximum absolute atomic E-state index is 11.2. The molecule has 0 radical (unpaired) electrons. The number of rotatable bonds is 6. The molecule has 0 saturated carbocycles. The van der Waals surface area contributed by atoms with Gasteiger partial charge in [0.2, 0.25) is 0 Å². The van der Waals surface area contributed by atoms with E-state index in [0.29, 0.717) is 17.5 Å². The minimum absolute atomic E-state index is 0.117. The van der Waals surface area contributed by atoms with Crippen LogP contribution in [-0.4, -0.2) is 36.0 Å². The van der Waals surface area contributed by atoms with Gasteiger partial charge in [0.05, 0.1) is 4.92 Å². The Bertz CT molecular complexity index is 490. The second-order valence-corrected chi connectivity index (χ2v) is 5.99. The maximum atomic E-state index is 11.2. The van der Waals surface area contributed by atoms with Crippen LogP contribution in [0.3, 0.4) is 0 Å². The molecule has 0 aromatic heterocycles. The van der Waals surface area contributed by atoms with E-state index in [1.807, 2.05) is 0 Å². The van der Waals surface area contributed by atoms with Crippen molar-refractivity contribution in [1.29, 1.82) is 0 Å². The van der Waals surface area contributed by atoms with E-state index in [2.05, 4.69) is 17.1 Å². The average Bonchev–Trinajstić information content (AvgIpc) is 2.49. The van der Waals surface area contributed by atoms with Crippen LogP contribution < -0.4 is 5.32 Å². The van der Waals surface area contributed by atoms with Crippen molar-refractivity contribution in [3.8, 4) is 0 Å². The standard InChI is InChI=1S/C15H22ClN3O2/c1-2-18(10-12-5-7-17-8-6-12)11-13-3-4-14(16)9-15(13)19(20)21/h3-4,9,12,17H,2,5-8,10-11H2,1H3. The fourth-order valence-electron chi connectivity index (χ4n) is 2.82. The quantitative estimate of drug-likeness (QED) is 0.648. The predicted molar refractivity (Wildman–Crippen MR) is 84.7 cm³/mol. The van der Waals surface area contributed by atoms with E-state index < -0.39 is 0 Å². The summed E-state index contributed by atoms with van der Waals surface area (Å²) in [6, 6.07) is 4.93. The zero-order valence-electron chi connectivity index (χ0n) is 12.3. The molecule has 1 aliphatic heterocycles. The van der Waals surface area contributed by atoms with Crippen LogP contribution in [0.2, 0.25) is 5.02 Å². The van der Waals surface area contributed by atoms with Gasteiger partial charge in [-0.3, -0.25) is 15.0 Å². The van der Waals surface area contributed by atoms with E-state index in [4.69, 9.17) is 11.6 Å². The summed E-state index contributed by atoms with van der Waals surface area (Å²) in [4.78, 5) is 13.1. The summed E-state index contributed by atoms with van der Waals surface area (Å²) in [7, 11) is 0. The summed E-state index contributed by atoms with van der Waals surface area (Å²) in [5.41, 5.74) is 0.853. The second-order valence-electron chi connectivity index (χ2n) is 5.55. The monoisotopic (exact) mass is 311 g/mol. The van der Waals surface area contributed by atoms with Crippen molar-refractivity contribution < 1.29 is 4.92 Å². The van der Waals surface area contributed by atoms with Gasteiger partial charge in [0, 0.05) is 29.7 Å². The van der Waals surface area contributed by atoms with Crippen LogP contribution in [0.25, 0.3) is 0 Å². The minimum atomic E-state index is -0.348. The van der Waals surface area contributed by atoms with Crippen LogP contribution in [0.5, 0.6) is 0 Å². The number of benzene rings is 1. The van der Waals surface area contributed by atoms with Gasteiger partial charge in [-0.15, -0.1) is 0 Å². The lowest BCUT2D eigenvalue weighted by Crippen LogP contribution is -2.36. The highest BCUT2D eigenvalue weighted by molar-refractivity contribution is 6.30. The first kappa shape index (κ1) is 16.2. The van der Waals surface area contributed by atoms with Gasteiger partial charge < -0.3 is 5.32 Å². The fourth-order valence-corrected chi connectivity index (χ4v) is 2.98.